The molecule has 2 heterocycles. The summed E-state index contributed by atoms with van der Waals surface area (Å²) in [4.78, 5) is 0. The van der Waals surface area contributed by atoms with E-state index in [1.165, 1.54) is 5.57 Å². The van der Waals surface area contributed by atoms with Crippen LogP contribution in [0.3, 0.4) is 0 Å². The highest BCUT2D eigenvalue weighted by molar-refractivity contribution is 5.24. The van der Waals surface area contributed by atoms with E-state index in [-0.39, 0.29) is 24.2 Å². The number of rotatable bonds is 9. The molecule has 0 spiro atoms. The van der Waals surface area contributed by atoms with Gasteiger partial charge in [0.1, 0.15) is 42.7 Å². The van der Waals surface area contributed by atoms with Gasteiger partial charge in [0, 0.05) is 0 Å². The van der Waals surface area contributed by atoms with E-state index in [4.69, 9.17) is 18.9 Å². The Morgan fingerprint density at radius 1 is 0.943 bits per heavy atom. The zero-order valence-electron chi connectivity index (χ0n) is 20.9. The van der Waals surface area contributed by atoms with Gasteiger partial charge < -0.3 is 54.7 Å². The summed E-state index contributed by atoms with van der Waals surface area (Å²) >= 11 is 0. The molecule has 35 heavy (non-hydrogen) atoms. The summed E-state index contributed by atoms with van der Waals surface area (Å²) in [5, 5.41) is 70.1. The molecule has 0 aromatic rings. The van der Waals surface area contributed by atoms with Crippen molar-refractivity contribution in [2.24, 2.45) is 5.41 Å². The number of hydrogen-bond acceptors (Lipinski definition) is 11. The second-order valence-electron chi connectivity index (χ2n) is 10.8. The van der Waals surface area contributed by atoms with Crippen LogP contribution in [0.1, 0.15) is 53.4 Å². The van der Waals surface area contributed by atoms with Crippen molar-refractivity contribution < 1.29 is 54.7 Å². The summed E-state index contributed by atoms with van der Waals surface area (Å²) in [6, 6.07) is 0. The van der Waals surface area contributed by atoms with Crippen LogP contribution in [-0.2, 0) is 18.9 Å². The highest BCUT2D eigenvalue weighted by atomic mass is 16.7. The number of aliphatic hydroxyl groups excluding tert-OH is 7. The highest BCUT2D eigenvalue weighted by Crippen LogP contribution is 2.44. The molecular weight excluding hydrogens is 464 g/mol. The van der Waals surface area contributed by atoms with Crippen LogP contribution in [0.25, 0.3) is 0 Å². The monoisotopic (exact) mass is 506 g/mol. The molecule has 0 aromatic heterocycles. The Morgan fingerprint density at radius 3 is 2.11 bits per heavy atom. The predicted molar refractivity (Wildman–Crippen MR) is 122 cm³/mol. The maximum atomic E-state index is 10.5. The van der Waals surface area contributed by atoms with Crippen molar-refractivity contribution in [2.75, 3.05) is 13.2 Å². The van der Waals surface area contributed by atoms with Crippen LogP contribution >= 0.6 is 0 Å². The fourth-order valence-electron chi connectivity index (χ4n) is 5.36. The Morgan fingerprint density at radius 2 is 1.54 bits per heavy atom. The third-order valence-electron chi connectivity index (χ3n) is 7.33. The van der Waals surface area contributed by atoms with Gasteiger partial charge in [-0.25, -0.2) is 0 Å². The second-order valence-corrected chi connectivity index (χ2v) is 10.8. The fourth-order valence-corrected chi connectivity index (χ4v) is 5.36. The average Bonchev–Trinajstić information content (AvgIpc) is 3.05. The van der Waals surface area contributed by atoms with Crippen molar-refractivity contribution in [1.29, 1.82) is 0 Å². The van der Waals surface area contributed by atoms with E-state index in [1.54, 1.807) is 6.92 Å². The molecule has 204 valence electrons. The van der Waals surface area contributed by atoms with Gasteiger partial charge in [0.05, 0.1) is 25.4 Å². The minimum atomic E-state index is -1.55. The van der Waals surface area contributed by atoms with E-state index in [2.05, 4.69) is 13.8 Å². The Labute approximate surface area is 205 Å². The van der Waals surface area contributed by atoms with E-state index in [0.29, 0.717) is 19.3 Å². The molecule has 0 aromatic carbocycles. The van der Waals surface area contributed by atoms with Crippen molar-refractivity contribution in [2.45, 2.75) is 121 Å². The summed E-state index contributed by atoms with van der Waals surface area (Å²) in [7, 11) is 0. The maximum absolute atomic E-state index is 10.5. The Balaban J connectivity index is 1.62. The third-order valence-corrected chi connectivity index (χ3v) is 7.33. The molecule has 0 radical (unpaired) electrons. The highest BCUT2D eigenvalue weighted by Gasteiger charge is 2.48. The molecule has 0 bridgehead atoms. The Hall–Kier alpha value is -0.700. The van der Waals surface area contributed by atoms with Crippen LogP contribution in [0, 0.1) is 5.41 Å². The SMILES string of the molecule is CC1=C(CCC(C)O)C(C)(C)CC(OC2OC(COC3OC(CO)C(O)C3O)C(O)C(O)C2O)C1. The molecule has 1 aliphatic carbocycles. The largest absolute Gasteiger partial charge is 0.394 e. The molecule has 11 atom stereocenters. The minimum Gasteiger partial charge on any atom is -0.394 e. The summed E-state index contributed by atoms with van der Waals surface area (Å²) in [5.74, 6) is 0. The van der Waals surface area contributed by atoms with Crippen molar-refractivity contribution >= 4 is 0 Å². The smallest absolute Gasteiger partial charge is 0.186 e. The van der Waals surface area contributed by atoms with Gasteiger partial charge in [0.25, 0.3) is 0 Å². The van der Waals surface area contributed by atoms with E-state index >= 15 is 0 Å². The van der Waals surface area contributed by atoms with Gasteiger partial charge >= 0.3 is 0 Å². The molecule has 3 aliphatic rings. The predicted octanol–water partition coefficient (Wildman–Crippen LogP) is -1.07. The van der Waals surface area contributed by atoms with E-state index in [9.17, 15) is 35.7 Å². The normalized spacial score (nSPS) is 42.9. The van der Waals surface area contributed by atoms with Gasteiger partial charge in [-0.1, -0.05) is 25.0 Å². The van der Waals surface area contributed by atoms with Gasteiger partial charge in [-0.15, -0.1) is 0 Å². The molecule has 2 fully saturated rings. The van der Waals surface area contributed by atoms with Crippen LogP contribution in [0.2, 0.25) is 0 Å². The van der Waals surface area contributed by atoms with Crippen LogP contribution in [0.4, 0.5) is 0 Å². The first-order valence-electron chi connectivity index (χ1n) is 12.3. The Kier molecular flexibility index (Phi) is 9.72. The van der Waals surface area contributed by atoms with E-state index in [0.717, 1.165) is 12.0 Å². The molecule has 7 N–H and O–H groups in total. The van der Waals surface area contributed by atoms with Gasteiger partial charge in [0.2, 0.25) is 0 Å². The first kappa shape index (κ1) is 28.9. The second kappa shape index (κ2) is 11.8. The minimum absolute atomic E-state index is 0.192. The summed E-state index contributed by atoms with van der Waals surface area (Å²) in [6.07, 6.45) is -9.82. The molecule has 11 heteroatoms. The van der Waals surface area contributed by atoms with Crippen LogP contribution in [0.15, 0.2) is 11.1 Å². The molecule has 0 amide bonds. The summed E-state index contributed by atoms with van der Waals surface area (Å²) in [5.41, 5.74) is 2.24. The number of hydrogen-bond donors (Lipinski definition) is 7. The van der Waals surface area contributed by atoms with Gasteiger partial charge in [-0.05, 0) is 44.9 Å². The fraction of sp³-hybridized carbons (Fsp3) is 0.917. The number of aliphatic hydroxyl groups is 7. The summed E-state index contributed by atoms with van der Waals surface area (Å²) < 4.78 is 22.6. The lowest BCUT2D eigenvalue weighted by Gasteiger charge is -2.44. The van der Waals surface area contributed by atoms with Crippen LogP contribution in [-0.4, -0.2) is 116 Å². The summed E-state index contributed by atoms with van der Waals surface area (Å²) in [6.45, 7) is 7.19. The number of allylic oxidation sites excluding steroid dienone is 1. The Bertz CT molecular complexity index is 726. The molecular formula is C24H42O11. The first-order chi connectivity index (χ1) is 16.4. The standard InChI is InChI=1S/C24H42O11/c1-11-7-13(8-24(3,4)14(11)6-5-12(2)26)33-23-21(31)19(29)18(28)16(35-23)10-32-22-20(30)17(27)15(9-25)34-22/h12-13,15-23,25-31H,5-10H2,1-4H3. The van der Waals surface area contributed by atoms with Crippen LogP contribution in [0.5, 0.6) is 0 Å². The van der Waals surface area contributed by atoms with Gasteiger partial charge in [-0.2, -0.15) is 0 Å². The van der Waals surface area contributed by atoms with Gasteiger partial charge in [-0.3, -0.25) is 0 Å². The van der Waals surface area contributed by atoms with E-state index in [1.807, 2.05) is 6.92 Å². The number of ether oxygens (including phenoxy) is 4. The van der Waals surface area contributed by atoms with Crippen LogP contribution < -0.4 is 0 Å². The topological polar surface area (TPSA) is 179 Å². The molecule has 0 saturated carbocycles. The van der Waals surface area contributed by atoms with Crippen molar-refractivity contribution in [3.63, 3.8) is 0 Å². The zero-order valence-corrected chi connectivity index (χ0v) is 20.9. The maximum Gasteiger partial charge on any atom is 0.186 e. The lowest BCUT2D eigenvalue weighted by Crippen LogP contribution is -2.60. The quantitative estimate of drug-likeness (QED) is 0.189. The van der Waals surface area contributed by atoms with Gasteiger partial charge in [0.15, 0.2) is 12.6 Å². The van der Waals surface area contributed by atoms with Crippen molar-refractivity contribution in [1.82, 2.24) is 0 Å². The van der Waals surface area contributed by atoms with E-state index < -0.39 is 61.9 Å². The van der Waals surface area contributed by atoms with Crippen molar-refractivity contribution in [3.05, 3.63) is 11.1 Å². The van der Waals surface area contributed by atoms with Crippen molar-refractivity contribution in [3.8, 4) is 0 Å². The molecule has 3 rings (SSSR count). The molecule has 2 aliphatic heterocycles. The zero-order chi connectivity index (χ0) is 26.1. The average molecular weight is 507 g/mol. The first-order valence-corrected chi connectivity index (χ1v) is 12.3. The molecule has 11 nitrogen and oxygen atoms in total. The lowest BCUT2D eigenvalue weighted by molar-refractivity contribution is -0.320. The molecule has 2 saturated heterocycles. The lowest BCUT2D eigenvalue weighted by atomic mass is 9.70. The molecule has 11 unspecified atom stereocenters. The third kappa shape index (κ3) is 6.60.